The molecule has 11 heteroatoms. The highest BCUT2D eigenvalue weighted by atomic mass is 19.3. The molecule has 27 heavy (non-hydrogen) atoms. The normalized spacial score (nSPS) is 20.5. The minimum atomic E-state index is -2.83. The van der Waals surface area contributed by atoms with Crippen molar-refractivity contribution in [1.29, 1.82) is 0 Å². The first kappa shape index (κ1) is 17.6. The molecule has 0 unspecified atom stereocenters. The van der Waals surface area contributed by atoms with E-state index in [2.05, 4.69) is 20.4 Å². The monoisotopic (exact) mass is 382 g/mol. The Balaban J connectivity index is 1.81. The molecule has 0 aliphatic carbocycles. The van der Waals surface area contributed by atoms with Crippen molar-refractivity contribution in [1.82, 2.24) is 19.7 Å². The molecule has 0 aromatic carbocycles. The van der Waals surface area contributed by atoms with Crippen molar-refractivity contribution in [3.8, 4) is 17.1 Å². The number of nitrogens with two attached hydrogens (primary N) is 1. The van der Waals surface area contributed by atoms with E-state index in [1.54, 1.807) is 0 Å². The van der Waals surface area contributed by atoms with Gasteiger partial charge in [0.15, 0.2) is 17.5 Å². The molecule has 5 N–H and O–H groups in total. The maximum atomic E-state index is 14.9. The van der Waals surface area contributed by atoms with E-state index < -0.39 is 12.4 Å². The van der Waals surface area contributed by atoms with Gasteiger partial charge in [0.2, 0.25) is 0 Å². The number of anilines is 1. The Morgan fingerprint density at radius 2 is 2.26 bits per heavy atom. The molecule has 4 rings (SSSR count). The van der Waals surface area contributed by atoms with Crippen LogP contribution < -0.4 is 11.1 Å². The standard InChI is InChI=1S/C16H17F3N6O2/c17-12-8-4-21-15(26)11(8)13(7-3-22-25(5-7)16(18)19)24-14(12)23-10-1-2-27-6-9(10)20/h3-5,9-10,16,21,23,26H,1-2,6,20H2/t9-,10+/m0/s1. The topological polar surface area (TPSA) is 114 Å². The Labute approximate surface area is 151 Å². The van der Waals surface area contributed by atoms with E-state index in [1.807, 2.05) is 0 Å². The van der Waals surface area contributed by atoms with Crippen molar-refractivity contribution in [3.63, 3.8) is 0 Å². The molecular formula is C16H17F3N6O2. The Kier molecular flexibility index (Phi) is 4.40. The van der Waals surface area contributed by atoms with E-state index in [-0.39, 0.29) is 45.8 Å². The zero-order valence-corrected chi connectivity index (χ0v) is 14.0. The quantitative estimate of drug-likeness (QED) is 0.550. The molecule has 8 nitrogen and oxygen atoms in total. The van der Waals surface area contributed by atoms with Crippen molar-refractivity contribution < 1.29 is 23.0 Å². The summed E-state index contributed by atoms with van der Waals surface area (Å²) >= 11 is 0. The molecule has 1 aliphatic rings. The number of rotatable bonds is 4. The van der Waals surface area contributed by atoms with E-state index in [9.17, 15) is 18.3 Å². The van der Waals surface area contributed by atoms with Gasteiger partial charge in [-0.1, -0.05) is 0 Å². The number of ether oxygens (including phenoxy) is 1. The van der Waals surface area contributed by atoms with Crippen LogP contribution in [-0.4, -0.2) is 50.2 Å². The van der Waals surface area contributed by atoms with Crippen LogP contribution in [0.25, 0.3) is 22.0 Å². The molecule has 144 valence electrons. The summed E-state index contributed by atoms with van der Waals surface area (Å²) in [5.41, 5.74) is 6.34. The minimum absolute atomic E-state index is 0.0745. The lowest BCUT2D eigenvalue weighted by atomic mass is 10.0. The lowest BCUT2D eigenvalue weighted by molar-refractivity contribution is 0.0566. The fraction of sp³-hybridized carbons (Fsp3) is 0.375. The van der Waals surface area contributed by atoms with Gasteiger partial charge in [0.1, 0.15) is 0 Å². The molecule has 0 bridgehead atoms. The lowest BCUT2D eigenvalue weighted by Crippen LogP contribution is -2.47. The van der Waals surface area contributed by atoms with Gasteiger partial charge < -0.3 is 25.9 Å². The number of pyridine rings is 1. The van der Waals surface area contributed by atoms with Crippen LogP contribution in [0.5, 0.6) is 5.88 Å². The number of nitrogens with one attached hydrogen (secondary N) is 2. The average Bonchev–Trinajstić information content (AvgIpc) is 3.27. The largest absolute Gasteiger partial charge is 0.494 e. The molecule has 2 atom stereocenters. The van der Waals surface area contributed by atoms with Gasteiger partial charge in [0.25, 0.3) is 0 Å². The summed E-state index contributed by atoms with van der Waals surface area (Å²) in [6, 6.07) is -0.609. The van der Waals surface area contributed by atoms with E-state index >= 15 is 0 Å². The predicted molar refractivity (Wildman–Crippen MR) is 91.0 cm³/mol. The average molecular weight is 382 g/mol. The van der Waals surface area contributed by atoms with Gasteiger partial charge in [-0.15, -0.1) is 0 Å². The van der Waals surface area contributed by atoms with Crippen LogP contribution in [0.2, 0.25) is 0 Å². The van der Waals surface area contributed by atoms with E-state index in [0.717, 1.165) is 6.20 Å². The highest BCUT2D eigenvalue weighted by molar-refractivity contribution is 6.00. The maximum Gasteiger partial charge on any atom is 0.333 e. The van der Waals surface area contributed by atoms with Crippen LogP contribution in [0.3, 0.4) is 0 Å². The van der Waals surface area contributed by atoms with Gasteiger partial charge in [-0.3, -0.25) is 0 Å². The summed E-state index contributed by atoms with van der Waals surface area (Å²) in [4.78, 5) is 6.77. The second kappa shape index (κ2) is 6.74. The molecule has 0 saturated carbocycles. The summed E-state index contributed by atoms with van der Waals surface area (Å²) in [6.45, 7) is -2.01. The van der Waals surface area contributed by atoms with Crippen molar-refractivity contribution in [2.45, 2.75) is 25.1 Å². The molecule has 3 aromatic heterocycles. The van der Waals surface area contributed by atoms with Crippen LogP contribution in [0.15, 0.2) is 18.6 Å². The third-order valence-electron chi connectivity index (χ3n) is 4.56. The first-order chi connectivity index (χ1) is 13.0. The molecule has 0 spiro atoms. The number of alkyl halides is 2. The number of H-pyrrole nitrogens is 1. The SMILES string of the molecule is N[C@H]1COCC[C@H]1Nc1nc(-c2cnn(C(F)F)c2)c2c(O)[nH]cc2c1F. The first-order valence-electron chi connectivity index (χ1n) is 8.27. The number of halogens is 3. The fourth-order valence-electron chi connectivity index (χ4n) is 3.16. The summed E-state index contributed by atoms with van der Waals surface area (Å²) < 4.78 is 46.4. The van der Waals surface area contributed by atoms with E-state index in [4.69, 9.17) is 10.5 Å². The Hall–Kier alpha value is -2.79. The van der Waals surface area contributed by atoms with Crippen molar-refractivity contribution >= 4 is 16.6 Å². The van der Waals surface area contributed by atoms with Crippen LogP contribution in [0.1, 0.15) is 13.0 Å². The van der Waals surface area contributed by atoms with Gasteiger partial charge in [-0.25, -0.2) is 14.1 Å². The van der Waals surface area contributed by atoms with Crippen LogP contribution >= 0.6 is 0 Å². The van der Waals surface area contributed by atoms with Crippen LogP contribution in [0, 0.1) is 5.82 Å². The second-order valence-corrected chi connectivity index (χ2v) is 6.31. The van der Waals surface area contributed by atoms with Crippen LogP contribution in [-0.2, 0) is 4.74 Å². The highest BCUT2D eigenvalue weighted by Gasteiger charge is 2.26. The van der Waals surface area contributed by atoms with E-state index in [0.29, 0.717) is 24.3 Å². The molecular weight excluding hydrogens is 365 g/mol. The Morgan fingerprint density at radius 3 is 2.96 bits per heavy atom. The van der Waals surface area contributed by atoms with Crippen molar-refractivity contribution in [3.05, 3.63) is 24.4 Å². The maximum absolute atomic E-state index is 14.9. The summed E-state index contributed by atoms with van der Waals surface area (Å²) in [5.74, 6) is -1.07. The second-order valence-electron chi connectivity index (χ2n) is 6.31. The number of aromatic nitrogens is 4. The fourth-order valence-corrected chi connectivity index (χ4v) is 3.16. The third kappa shape index (κ3) is 3.08. The third-order valence-corrected chi connectivity index (χ3v) is 4.56. The van der Waals surface area contributed by atoms with Gasteiger partial charge >= 0.3 is 6.55 Å². The summed E-state index contributed by atoms with van der Waals surface area (Å²) in [6.07, 6.45) is 4.12. The van der Waals surface area contributed by atoms with Crippen molar-refractivity contribution in [2.75, 3.05) is 18.5 Å². The molecule has 1 aliphatic heterocycles. The zero-order valence-electron chi connectivity index (χ0n) is 14.0. The van der Waals surface area contributed by atoms with Gasteiger partial charge in [-0.05, 0) is 6.42 Å². The predicted octanol–water partition coefficient (Wildman–Crippen LogP) is 2.19. The van der Waals surface area contributed by atoms with Gasteiger partial charge in [0, 0.05) is 42.0 Å². The Morgan fingerprint density at radius 1 is 1.44 bits per heavy atom. The molecule has 1 saturated heterocycles. The number of hydrogen-bond acceptors (Lipinski definition) is 6. The van der Waals surface area contributed by atoms with Gasteiger partial charge in [0.05, 0.1) is 23.9 Å². The number of aromatic amines is 1. The number of hydrogen-bond donors (Lipinski definition) is 4. The van der Waals surface area contributed by atoms with Crippen LogP contribution in [0.4, 0.5) is 19.0 Å². The number of fused-ring (bicyclic) bond motifs is 1. The summed E-state index contributed by atoms with van der Waals surface area (Å²) in [5, 5.41) is 16.8. The molecule has 1 fully saturated rings. The minimum Gasteiger partial charge on any atom is -0.494 e. The first-order valence-corrected chi connectivity index (χ1v) is 8.27. The molecule has 3 aromatic rings. The van der Waals surface area contributed by atoms with Crippen molar-refractivity contribution in [2.24, 2.45) is 5.73 Å². The van der Waals surface area contributed by atoms with Gasteiger partial charge in [-0.2, -0.15) is 13.9 Å². The zero-order chi connectivity index (χ0) is 19.1. The molecule has 4 heterocycles. The lowest BCUT2D eigenvalue weighted by Gasteiger charge is -2.30. The Bertz CT molecular complexity index is 973. The smallest absolute Gasteiger partial charge is 0.333 e. The molecule has 0 radical (unpaired) electrons. The van der Waals surface area contributed by atoms with E-state index in [1.165, 1.54) is 12.4 Å². The summed E-state index contributed by atoms with van der Waals surface area (Å²) in [7, 11) is 0. The molecule has 0 amide bonds. The number of aromatic hydroxyl groups is 1. The number of nitrogens with zero attached hydrogens (tertiary/aromatic N) is 3. The highest BCUT2D eigenvalue weighted by Crippen LogP contribution is 2.37.